The van der Waals surface area contributed by atoms with Crippen molar-refractivity contribution in [1.82, 2.24) is 5.32 Å². The minimum Gasteiger partial charge on any atom is -0.394 e. The maximum atomic E-state index is 13.2. The Morgan fingerprint density at radius 1 is 0.481 bits per heavy atom. The summed E-state index contributed by atoms with van der Waals surface area (Å²) in [6.07, 6.45) is 45.4. The van der Waals surface area contributed by atoms with Gasteiger partial charge in [-0.1, -0.05) is 235 Å². The lowest BCUT2D eigenvalue weighted by molar-refractivity contribution is -0.359. The fourth-order valence-electron chi connectivity index (χ4n) is 10.0. The highest BCUT2D eigenvalue weighted by Gasteiger charge is 2.51. The summed E-state index contributed by atoms with van der Waals surface area (Å²) in [5.74, 6) is -0.208. The lowest BCUT2D eigenvalue weighted by Gasteiger charge is -2.46. The van der Waals surface area contributed by atoms with Crippen LogP contribution in [0.1, 0.15) is 239 Å². The molecule has 0 aromatic carbocycles. The number of ether oxygens (including phenoxy) is 4. The van der Waals surface area contributed by atoms with Crippen LogP contribution in [0.25, 0.3) is 0 Å². The highest BCUT2D eigenvalue weighted by Crippen LogP contribution is 2.30. The van der Waals surface area contributed by atoms with Gasteiger partial charge in [0.2, 0.25) is 5.91 Å². The third kappa shape index (κ3) is 33.9. The summed E-state index contributed by atoms with van der Waals surface area (Å²) in [7, 11) is 0. The second-order valence-corrected chi connectivity index (χ2v) is 21.8. The molecule has 9 N–H and O–H groups in total. The molecule has 12 atom stereocenters. The van der Waals surface area contributed by atoms with Gasteiger partial charge in [0.25, 0.3) is 0 Å². The predicted molar refractivity (Wildman–Crippen MR) is 309 cm³/mol. The first-order chi connectivity index (χ1) is 37.6. The number of carbonyl (C=O) groups is 1. The van der Waals surface area contributed by atoms with E-state index in [0.717, 1.165) is 83.5 Å². The van der Waals surface area contributed by atoms with Gasteiger partial charge in [0.15, 0.2) is 12.6 Å². The van der Waals surface area contributed by atoms with Crippen LogP contribution in [0.15, 0.2) is 60.8 Å². The Bertz CT molecular complexity index is 1520. The molecule has 2 fully saturated rings. The lowest BCUT2D eigenvalue weighted by atomic mass is 9.97. The minimum atomic E-state index is -1.78. The van der Waals surface area contributed by atoms with Crippen LogP contribution in [-0.4, -0.2) is 140 Å². The molecule has 0 bridgehead atoms. The smallest absolute Gasteiger partial charge is 0.220 e. The number of hydrogen-bond acceptors (Lipinski definition) is 13. The molecule has 14 heteroatoms. The number of unbranched alkanes of at least 4 members (excludes halogenated alkanes) is 26. The molecule has 0 spiro atoms. The van der Waals surface area contributed by atoms with E-state index in [1.807, 2.05) is 0 Å². The lowest BCUT2D eigenvalue weighted by Crippen LogP contribution is -2.65. The van der Waals surface area contributed by atoms with Gasteiger partial charge >= 0.3 is 0 Å². The fourth-order valence-corrected chi connectivity index (χ4v) is 10.0. The molecule has 2 heterocycles. The number of amides is 1. The molecule has 448 valence electrons. The van der Waals surface area contributed by atoms with Crippen molar-refractivity contribution in [2.75, 3.05) is 19.8 Å². The van der Waals surface area contributed by atoms with Crippen molar-refractivity contribution in [3.8, 4) is 0 Å². The summed E-state index contributed by atoms with van der Waals surface area (Å²) in [5.41, 5.74) is 0. The molecular weight excluding hydrogens is 979 g/mol. The van der Waals surface area contributed by atoms with E-state index in [4.69, 9.17) is 18.9 Å². The predicted octanol–water partition coefficient (Wildman–Crippen LogP) is 10.9. The van der Waals surface area contributed by atoms with E-state index >= 15 is 0 Å². The molecule has 12 unspecified atom stereocenters. The largest absolute Gasteiger partial charge is 0.394 e. The quantitative estimate of drug-likeness (QED) is 0.0204. The molecule has 0 aliphatic carbocycles. The molecule has 2 rings (SSSR count). The number of carbonyl (C=O) groups excluding carboxylic acids is 1. The first-order valence-corrected chi connectivity index (χ1v) is 31.0. The van der Waals surface area contributed by atoms with E-state index in [1.165, 1.54) is 128 Å². The zero-order valence-corrected chi connectivity index (χ0v) is 48.2. The molecule has 0 saturated carbocycles. The molecule has 1 amide bonds. The molecule has 2 aliphatic rings. The van der Waals surface area contributed by atoms with Crippen molar-refractivity contribution in [1.29, 1.82) is 0 Å². The summed E-state index contributed by atoms with van der Waals surface area (Å²) in [4.78, 5) is 13.2. The highest BCUT2D eigenvalue weighted by atomic mass is 16.7. The van der Waals surface area contributed by atoms with Gasteiger partial charge in [-0.05, 0) is 57.8 Å². The molecule has 0 aromatic rings. The molecular formula is C63H113NO13. The normalized spacial score (nSPS) is 25.1. The van der Waals surface area contributed by atoms with Crippen LogP contribution in [0.3, 0.4) is 0 Å². The summed E-state index contributed by atoms with van der Waals surface area (Å²) in [6.45, 7) is 2.73. The number of aliphatic hydroxyl groups is 8. The summed E-state index contributed by atoms with van der Waals surface area (Å²) < 4.78 is 22.8. The van der Waals surface area contributed by atoms with Gasteiger partial charge in [0, 0.05) is 6.42 Å². The van der Waals surface area contributed by atoms with Crippen molar-refractivity contribution in [2.24, 2.45) is 0 Å². The van der Waals surface area contributed by atoms with Gasteiger partial charge in [-0.2, -0.15) is 0 Å². The van der Waals surface area contributed by atoms with Crippen LogP contribution in [0.4, 0.5) is 0 Å². The molecule has 2 aliphatic heterocycles. The van der Waals surface area contributed by atoms with Gasteiger partial charge in [-0.3, -0.25) is 4.79 Å². The topological polar surface area (TPSA) is 228 Å². The molecule has 14 nitrogen and oxygen atoms in total. The maximum absolute atomic E-state index is 13.2. The van der Waals surface area contributed by atoms with Crippen LogP contribution < -0.4 is 5.32 Å². The second kappa shape index (κ2) is 48.4. The van der Waals surface area contributed by atoms with Crippen LogP contribution in [-0.2, 0) is 23.7 Å². The summed E-state index contributed by atoms with van der Waals surface area (Å²) in [5, 5.41) is 87.1. The van der Waals surface area contributed by atoms with E-state index in [1.54, 1.807) is 0 Å². The van der Waals surface area contributed by atoms with Crippen molar-refractivity contribution in [2.45, 2.75) is 312 Å². The van der Waals surface area contributed by atoms with Crippen molar-refractivity contribution < 1.29 is 64.6 Å². The number of aliphatic hydroxyl groups excluding tert-OH is 8. The SMILES string of the molecule is CC/C=C\C/C=C\C/C=C\C/C=C\C/C=C\CCCCCCCCCCCCCCCCCCCC(=O)NC(COC1OC(CO)C(OC2OC(CO)C(O)C(O)C2O)C(O)C1O)C(O)CCCCCCCCCCCC. The van der Waals surface area contributed by atoms with Gasteiger partial charge in [-0.25, -0.2) is 0 Å². The number of hydrogen-bond donors (Lipinski definition) is 9. The monoisotopic (exact) mass is 1090 g/mol. The molecule has 0 radical (unpaired) electrons. The maximum Gasteiger partial charge on any atom is 0.220 e. The van der Waals surface area contributed by atoms with E-state index in [9.17, 15) is 45.6 Å². The zero-order chi connectivity index (χ0) is 56.0. The number of rotatable bonds is 49. The molecule has 0 aromatic heterocycles. The fraction of sp³-hybridized carbons (Fsp3) is 0.825. The Morgan fingerprint density at radius 3 is 1.38 bits per heavy atom. The number of nitrogens with one attached hydrogen (secondary N) is 1. The first-order valence-electron chi connectivity index (χ1n) is 31.0. The number of allylic oxidation sites excluding steroid dienone is 10. The van der Waals surface area contributed by atoms with Crippen LogP contribution in [0.5, 0.6) is 0 Å². The third-order valence-corrected chi connectivity index (χ3v) is 15.0. The van der Waals surface area contributed by atoms with E-state index in [2.05, 4.69) is 79.9 Å². The van der Waals surface area contributed by atoms with Crippen molar-refractivity contribution in [3.63, 3.8) is 0 Å². The Balaban J connectivity index is 1.60. The van der Waals surface area contributed by atoms with E-state index in [-0.39, 0.29) is 12.5 Å². The standard InChI is InChI=1S/C63H113NO13/c1-3-5-7-9-11-13-15-16-17-18-19-20-21-22-23-24-25-26-27-28-29-30-31-32-33-34-35-36-37-39-41-43-45-47-55(68)64-51(52(67)46-44-42-40-38-14-12-10-8-6-4-2)50-74-62-60(73)58(71)61(54(49-66)76-62)77-63-59(72)57(70)56(69)53(48-65)75-63/h5,7,11,13,16-17,19-20,22-23,51-54,56-63,65-67,69-73H,3-4,6,8-10,12,14-15,18,21,24-50H2,1-2H3,(H,64,68)/b7-5-,13-11-,17-16-,20-19-,23-22-. The van der Waals surface area contributed by atoms with Crippen LogP contribution >= 0.6 is 0 Å². The van der Waals surface area contributed by atoms with Gasteiger partial charge < -0.3 is 65.1 Å². The van der Waals surface area contributed by atoms with Crippen molar-refractivity contribution in [3.05, 3.63) is 60.8 Å². The zero-order valence-electron chi connectivity index (χ0n) is 48.2. The Labute approximate surface area is 466 Å². The Hall–Kier alpha value is -2.31. The van der Waals surface area contributed by atoms with Crippen LogP contribution in [0.2, 0.25) is 0 Å². The van der Waals surface area contributed by atoms with Gasteiger partial charge in [0.1, 0.15) is 48.8 Å². The molecule has 77 heavy (non-hydrogen) atoms. The highest BCUT2D eigenvalue weighted by molar-refractivity contribution is 5.76. The first kappa shape index (κ1) is 70.8. The average Bonchev–Trinajstić information content (AvgIpc) is 3.45. The summed E-state index contributed by atoms with van der Waals surface area (Å²) >= 11 is 0. The van der Waals surface area contributed by atoms with E-state index < -0.39 is 86.8 Å². The Kier molecular flexibility index (Phi) is 44.5. The van der Waals surface area contributed by atoms with Gasteiger partial charge in [-0.15, -0.1) is 0 Å². The van der Waals surface area contributed by atoms with Crippen molar-refractivity contribution >= 4 is 5.91 Å². The van der Waals surface area contributed by atoms with E-state index in [0.29, 0.717) is 12.8 Å². The second-order valence-electron chi connectivity index (χ2n) is 21.8. The Morgan fingerprint density at radius 2 is 0.896 bits per heavy atom. The average molecular weight is 1090 g/mol. The summed E-state index contributed by atoms with van der Waals surface area (Å²) in [6, 6.07) is -0.828. The molecule has 2 saturated heterocycles. The third-order valence-electron chi connectivity index (χ3n) is 15.0. The minimum absolute atomic E-state index is 0.208. The van der Waals surface area contributed by atoms with Crippen LogP contribution in [0, 0.1) is 0 Å². The van der Waals surface area contributed by atoms with Gasteiger partial charge in [0.05, 0.1) is 32.0 Å².